The van der Waals surface area contributed by atoms with Gasteiger partial charge in [0.05, 0.1) is 0 Å². The highest BCUT2D eigenvalue weighted by Crippen LogP contribution is 2.53. The molecule has 0 radical (unpaired) electrons. The maximum absolute atomic E-state index is 6.84. The average molecular weight is 722 g/mol. The van der Waals surface area contributed by atoms with Gasteiger partial charge in [0.2, 0.25) is 0 Å². The molecule has 0 bridgehead atoms. The van der Waals surface area contributed by atoms with Crippen molar-refractivity contribution in [1.82, 2.24) is 0 Å². The van der Waals surface area contributed by atoms with Crippen LogP contribution in [0.25, 0.3) is 49.8 Å². The normalized spacial score (nSPS) is 16.7. The van der Waals surface area contributed by atoms with Gasteiger partial charge in [-0.05, 0) is 112 Å². The fraction of sp³-hybridized carbons (Fsp3) is 0.111. The van der Waals surface area contributed by atoms with E-state index in [1.807, 2.05) is 12.2 Å². The van der Waals surface area contributed by atoms with E-state index < -0.39 is 0 Å². The monoisotopic (exact) mass is 721 g/mol. The highest BCUT2D eigenvalue weighted by Gasteiger charge is 2.42. The van der Waals surface area contributed by atoms with Gasteiger partial charge in [0.25, 0.3) is 0 Å². The Morgan fingerprint density at radius 2 is 1.18 bits per heavy atom. The smallest absolute Gasteiger partial charge is 0.139 e. The van der Waals surface area contributed by atoms with Crippen molar-refractivity contribution in [3.8, 4) is 22.3 Å². The highest BCUT2D eigenvalue weighted by molar-refractivity contribution is 6.08. The van der Waals surface area contributed by atoms with Crippen LogP contribution in [0.3, 0.4) is 0 Å². The Kier molecular flexibility index (Phi) is 7.70. The predicted molar refractivity (Wildman–Crippen MR) is 236 cm³/mol. The Balaban J connectivity index is 1.06. The van der Waals surface area contributed by atoms with Crippen LogP contribution in [0.2, 0.25) is 0 Å². The molecule has 0 aliphatic heterocycles. The lowest BCUT2D eigenvalue weighted by Crippen LogP contribution is -2.23. The topological polar surface area (TPSA) is 16.4 Å². The molecule has 2 heteroatoms. The maximum Gasteiger partial charge on any atom is 0.139 e. The average Bonchev–Trinajstić information content (AvgIpc) is 3.80. The molecule has 0 amide bonds. The zero-order chi connectivity index (χ0) is 38.2. The maximum atomic E-state index is 6.84. The molecule has 0 fully saturated rings. The van der Waals surface area contributed by atoms with Gasteiger partial charge in [-0.1, -0.05) is 153 Å². The molecule has 2 nitrogen and oxygen atoms in total. The molecule has 0 spiro atoms. The number of fused-ring (bicyclic) bond motifs is 7. The van der Waals surface area contributed by atoms with Gasteiger partial charge in [-0.15, -0.1) is 0 Å². The third-order valence-electron chi connectivity index (χ3n) is 12.6. The van der Waals surface area contributed by atoms with Gasteiger partial charge in [0.1, 0.15) is 11.2 Å². The Morgan fingerprint density at radius 1 is 0.536 bits per heavy atom. The number of rotatable bonds is 7. The largest absolute Gasteiger partial charge is 0.456 e. The Labute approximate surface area is 329 Å². The van der Waals surface area contributed by atoms with Crippen molar-refractivity contribution in [2.24, 2.45) is 0 Å². The van der Waals surface area contributed by atoms with Crippen molar-refractivity contribution in [2.75, 3.05) is 4.90 Å². The summed E-state index contributed by atoms with van der Waals surface area (Å²) in [6, 6.07) is 57.4. The van der Waals surface area contributed by atoms with E-state index in [0.29, 0.717) is 0 Å². The number of anilines is 3. The summed E-state index contributed by atoms with van der Waals surface area (Å²) >= 11 is 0. The molecule has 56 heavy (non-hydrogen) atoms. The number of nitrogens with zero attached hydrogens (tertiary/aromatic N) is 1. The molecule has 0 saturated carbocycles. The first-order chi connectivity index (χ1) is 27.3. The van der Waals surface area contributed by atoms with Crippen molar-refractivity contribution in [2.45, 2.75) is 38.5 Å². The summed E-state index contributed by atoms with van der Waals surface area (Å²) in [5, 5.41) is 2.22. The molecular weight excluding hydrogens is 679 g/mol. The van der Waals surface area contributed by atoms with Crippen molar-refractivity contribution in [1.29, 1.82) is 0 Å². The summed E-state index contributed by atoms with van der Waals surface area (Å²) in [7, 11) is 0. The standard InChI is InChI=1S/C54H43NO/c1-6-7-18-41-35(2)54(5,48-23-14-12-19-42(41)48)49-24-15-21-45-46-34-40(30-32-51(46)56-52(45)49)55(38-16-9-8-10-17-38)39-28-25-36(26-29-39)37-27-31-44-43-20-11-13-22-47(43)53(3,4)50(44)33-37/h6-34H,1H2,2-5H3/b18-7-. The van der Waals surface area contributed by atoms with E-state index >= 15 is 0 Å². The molecule has 1 unspecified atom stereocenters. The molecule has 10 rings (SSSR count). The molecule has 2 aliphatic rings. The van der Waals surface area contributed by atoms with E-state index in [9.17, 15) is 0 Å². The van der Waals surface area contributed by atoms with Crippen LogP contribution in [0, 0.1) is 0 Å². The van der Waals surface area contributed by atoms with E-state index in [2.05, 4.69) is 203 Å². The van der Waals surface area contributed by atoms with Crippen LogP contribution < -0.4 is 4.90 Å². The van der Waals surface area contributed by atoms with Crippen LogP contribution in [0.1, 0.15) is 55.5 Å². The Morgan fingerprint density at radius 3 is 1.96 bits per heavy atom. The summed E-state index contributed by atoms with van der Waals surface area (Å²) in [5.41, 5.74) is 18.9. The minimum absolute atomic E-state index is 0.0385. The van der Waals surface area contributed by atoms with Crippen LogP contribution in [0.4, 0.5) is 17.1 Å². The van der Waals surface area contributed by atoms with Crippen LogP contribution in [-0.4, -0.2) is 0 Å². The lowest BCUT2D eigenvalue weighted by Gasteiger charge is -2.29. The van der Waals surface area contributed by atoms with Crippen molar-refractivity contribution < 1.29 is 4.42 Å². The first-order valence-electron chi connectivity index (χ1n) is 19.5. The number of hydrogen-bond donors (Lipinski definition) is 0. The third-order valence-corrected chi connectivity index (χ3v) is 12.6. The molecule has 0 N–H and O–H groups in total. The van der Waals surface area contributed by atoms with Gasteiger partial charge >= 0.3 is 0 Å². The molecular formula is C54H43NO. The van der Waals surface area contributed by atoms with E-state index in [4.69, 9.17) is 4.42 Å². The van der Waals surface area contributed by atoms with E-state index in [0.717, 1.165) is 39.0 Å². The molecule has 2 aliphatic carbocycles. The summed E-state index contributed by atoms with van der Waals surface area (Å²) in [6.07, 6.45) is 6.06. The SMILES string of the molecule is C=C/C=C\C1=C(C)C(C)(c2cccc3c2oc2ccc(N(c4ccccc4)c4ccc(-c5ccc6c(c5)C(C)(C)c5ccccc5-6)cc4)cc23)c2ccccc21. The molecule has 1 aromatic heterocycles. The summed E-state index contributed by atoms with van der Waals surface area (Å²) in [6.45, 7) is 13.2. The summed E-state index contributed by atoms with van der Waals surface area (Å²) in [4.78, 5) is 2.34. The molecule has 270 valence electrons. The fourth-order valence-electron chi connectivity index (χ4n) is 9.58. The van der Waals surface area contributed by atoms with Crippen molar-refractivity contribution >= 4 is 44.6 Å². The van der Waals surface area contributed by atoms with Gasteiger partial charge < -0.3 is 9.32 Å². The number of benzene rings is 7. The molecule has 7 aromatic carbocycles. The van der Waals surface area contributed by atoms with E-state index in [1.54, 1.807) is 0 Å². The summed E-state index contributed by atoms with van der Waals surface area (Å²) in [5.74, 6) is 0. The van der Waals surface area contributed by atoms with E-state index in [1.165, 1.54) is 61.2 Å². The summed E-state index contributed by atoms with van der Waals surface area (Å²) < 4.78 is 6.84. The van der Waals surface area contributed by atoms with Crippen LogP contribution >= 0.6 is 0 Å². The van der Waals surface area contributed by atoms with Gasteiger partial charge in [-0.25, -0.2) is 0 Å². The first-order valence-corrected chi connectivity index (χ1v) is 19.5. The number of hydrogen-bond acceptors (Lipinski definition) is 2. The quantitative estimate of drug-likeness (QED) is 0.152. The van der Waals surface area contributed by atoms with Gasteiger partial charge in [0, 0.05) is 44.2 Å². The second kappa shape index (κ2) is 12.7. The van der Waals surface area contributed by atoms with Crippen molar-refractivity contribution in [3.63, 3.8) is 0 Å². The van der Waals surface area contributed by atoms with Crippen LogP contribution in [-0.2, 0) is 10.8 Å². The Hall–Kier alpha value is -6.64. The van der Waals surface area contributed by atoms with Gasteiger partial charge in [-0.3, -0.25) is 0 Å². The third kappa shape index (κ3) is 4.95. The van der Waals surface area contributed by atoms with Gasteiger partial charge in [0.15, 0.2) is 0 Å². The molecule has 0 saturated heterocycles. The lowest BCUT2D eigenvalue weighted by molar-refractivity contribution is 0.631. The Bertz CT molecular complexity index is 2920. The first kappa shape index (κ1) is 33.9. The highest BCUT2D eigenvalue weighted by atomic mass is 16.3. The molecule has 1 atom stereocenters. The second-order valence-corrected chi connectivity index (χ2v) is 15.9. The minimum Gasteiger partial charge on any atom is -0.456 e. The second-order valence-electron chi connectivity index (χ2n) is 15.9. The predicted octanol–water partition coefficient (Wildman–Crippen LogP) is 14.9. The van der Waals surface area contributed by atoms with E-state index in [-0.39, 0.29) is 10.8 Å². The van der Waals surface area contributed by atoms with Crippen LogP contribution in [0.5, 0.6) is 0 Å². The van der Waals surface area contributed by atoms with Gasteiger partial charge in [-0.2, -0.15) is 0 Å². The number of para-hydroxylation sites is 2. The molecule has 8 aromatic rings. The molecule has 1 heterocycles. The number of allylic oxidation sites excluding steroid dienone is 5. The fourth-order valence-corrected chi connectivity index (χ4v) is 9.58. The van der Waals surface area contributed by atoms with Crippen molar-refractivity contribution in [3.05, 3.63) is 216 Å². The lowest BCUT2D eigenvalue weighted by atomic mass is 9.73. The minimum atomic E-state index is -0.357. The zero-order valence-electron chi connectivity index (χ0n) is 32.3. The number of furan rings is 1. The zero-order valence-corrected chi connectivity index (χ0v) is 32.3. The van der Waals surface area contributed by atoms with Crippen LogP contribution in [0.15, 0.2) is 193 Å².